The van der Waals surface area contributed by atoms with E-state index in [4.69, 9.17) is 16.3 Å². The van der Waals surface area contributed by atoms with Crippen molar-refractivity contribution in [3.05, 3.63) is 64.7 Å². The Morgan fingerprint density at radius 2 is 2.00 bits per heavy atom. The number of aryl methyl sites for hydroxylation is 1. The Morgan fingerprint density at radius 1 is 1.24 bits per heavy atom. The maximum absolute atomic E-state index is 12.9. The van der Waals surface area contributed by atoms with Gasteiger partial charge in [0.2, 0.25) is 5.91 Å². The summed E-state index contributed by atoms with van der Waals surface area (Å²) in [5, 5.41) is 12.4. The predicted molar refractivity (Wildman–Crippen MR) is 112 cm³/mol. The van der Waals surface area contributed by atoms with E-state index in [0.717, 1.165) is 11.3 Å². The number of halogens is 2. The van der Waals surface area contributed by atoms with E-state index in [0.29, 0.717) is 28.2 Å². The van der Waals surface area contributed by atoms with Gasteiger partial charge in [0.1, 0.15) is 18.2 Å². The molecule has 6 nitrogen and oxygen atoms in total. The first-order valence-electron chi connectivity index (χ1n) is 8.95. The number of amides is 1. The second-order valence-electron chi connectivity index (χ2n) is 6.19. The number of aromatic nitrogens is 3. The van der Waals surface area contributed by atoms with Crippen molar-refractivity contribution < 1.29 is 13.9 Å². The van der Waals surface area contributed by atoms with E-state index in [1.54, 1.807) is 6.07 Å². The third-order valence-electron chi connectivity index (χ3n) is 4.06. The first kappa shape index (κ1) is 21.1. The molecule has 0 saturated heterocycles. The van der Waals surface area contributed by atoms with Crippen molar-refractivity contribution in [3.63, 3.8) is 0 Å². The van der Waals surface area contributed by atoms with Gasteiger partial charge in [0, 0.05) is 17.3 Å². The molecule has 0 atom stereocenters. The molecule has 0 radical (unpaired) electrons. The summed E-state index contributed by atoms with van der Waals surface area (Å²) in [5.41, 5.74) is 1.48. The summed E-state index contributed by atoms with van der Waals surface area (Å²) in [6.07, 6.45) is 0. The van der Waals surface area contributed by atoms with Crippen molar-refractivity contribution in [2.75, 3.05) is 11.1 Å². The Bertz CT molecular complexity index is 995. The fourth-order valence-electron chi connectivity index (χ4n) is 2.63. The Balaban J connectivity index is 1.58. The number of rotatable bonds is 8. The molecule has 1 amide bonds. The molecule has 1 N–H and O–H groups in total. The standard InChI is InChI=1S/C20H20ClFN4O2S/c1-3-26-18(11-28-17-9-4-14(21)10-13(17)2)24-25-20(26)29-12-19(27)23-16-7-5-15(22)6-8-16/h4-10H,3,11-12H2,1-2H3,(H,23,27). The molecule has 29 heavy (non-hydrogen) atoms. The summed E-state index contributed by atoms with van der Waals surface area (Å²) in [7, 11) is 0. The third kappa shape index (κ3) is 5.71. The number of benzene rings is 2. The minimum Gasteiger partial charge on any atom is -0.485 e. The predicted octanol–water partition coefficient (Wildman–Crippen LogP) is 4.71. The number of anilines is 1. The van der Waals surface area contributed by atoms with Gasteiger partial charge in [-0.3, -0.25) is 4.79 Å². The number of carbonyl (C=O) groups excluding carboxylic acids is 1. The minimum absolute atomic E-state index is 0.159. The van der Waals surface area contributed by atoms with Gasteiger partial charge < -0.3 is 14.6 Å². The molecule has 3 rings (SSSR count). The monoisotopic (exact) mass is 434 g/mol. The zero-order valence-electron chi connectivity index (χ0n) is 16.0. The zero-order chi connectivity index (χ0) is 20.8. The van der Waals surface area contributed by atoms with Crippen molar-refractivity contribution in [1.82, 2.24) is 14.8 Å². The molecule has 9 heteroatoms. The van der Waals surface area contributed by atoms with E-state index in [-0.39, 0.29) is 24.1 Å². The largest absolute Gasteiger partial charge is 0.485 e. The molecule has 0 aliphatic rings. The lowest BCUT2D eigenvalue weighted by Gasteiger charge is -2.11. The molecular weight excluding hydrogens is 415 g/mol. The van der Waals surface area contributed by atoms with E-state index in [2.05, 4.69) is 15.5 Å². The van der Waals surface area contributed by atoms with Crippen LogP contribution in [0.15, 0.2) is 47.6 Å². The SMILES string of the molecule is CCn1c(COc2ccc(Cl)cc2C)nnc1SCC(=O)Nc1ccc(F)cc1. The molecule has 1 aromatic heterocycles. The molecule has 0 aliphatic heterocycles. The number of nitrogens with one attached hydrogen (secondary N) is 1. The van der Waals surface area contributed by atoms with Crippen molar-refractivity contribution in [2.45, 2.75) is 32.2 Å². The van der Waals surface area contributed by atoms with Crippen LogP contribution in [-0.2, 0) is 17.9 Å². The van der Waals surface area contributed by atoms with Gasteiger partial charge in [-0.05, 0) is 61.9 Å². The highest BCUT2D eigenvalue weighted by molar-refractivity contribution is 7.99. The molecule has 2 aromatic carbocycles. The quantitative estimate of drug-likeness (QED) is 0.520. The van der Waals surface area contributed by atoms with E-state index >= 15 is 0 Å². The maximum atomic E-state index is 12.9. The fourth-order valence-corrected chi connectivity index (χ4v) is 3.68. The molecule has 0 unspecified atom stereocenters. The summed E-state index contributed by atoms with van der Waals surface area (Å²) in [5.74, 6) is 1.00. The van der Waals surface area contributed by atoms with Crippen LogP contribution < -0.4 is 10.1 Å². The van der Waals surface area contributed by atoms with Gasteiger partial charge in [-0.15, -0.1) is 10.2 Å². The van der Waals surface area contributed by atoms with Crippen LogP contribution in [0.4, 0.5) is 10.1 Å². The Hall–Kier alpha value is -2.58. The molecule has 152 valence electrons. The number of carbonyl (C=O) groups is 1. The third-order valence-corrected chi connectivity index (χ3v) is 5.27. The first-order chi connectivity index (χ1) is 14.0. The van der Waals surface area contributed by atoms with Crippen LogP contribution >= 0.6 is 23.4 Å². The molecule has 0 spiro atoms. The zero-order valence-corrected chi connectivity index (χ0v) is 17.6. The van der Waals surface area contributed by atoms with Crippen molar-refractivity contribution in [1.29, 1.82) is 0 Å². The maximum Gasteiger partial charge on any atom is 0.234 e. The van der Waals surface area contributed by atoms with E-state index in [1.165, 1.54) is 36.0 Å². The van der Waals surface area contributed by atoms with Gasteiger partial charge in [-0.2, -0.15) is 0 Å². The fraction of sp³-hybridized carbons (Fsp3) is 0.250. The minimum atomic E-state index is -0.350. The van der Waals surface area contributed by atoms with Gasteiger partial charge in [-0.1, -0.05) is 23.4 Å². The lowest BCUT2D eigenvalue weighted by molar-refractivity contribution is -0.113. The van der Waals surface area contributed by atoms with Crippen LogP contribution in [0.5, 0.6) is 5.75 Å². The molecular formula is C20H20ClFN4O2S. The topological polar surface area (TPSA) is 69.0 Å². The van der Waals surface area contributed by atoms with Crippen molar-refractivity contribution >= 4 is 35.0 Å². The van der Waals surface area contributed by atoms with Crippen LogP contribution in [-0.4, -0.2) is 26.4 Å². The summed E-state index contributed by atoms with van der Waals surface area (Å²) >= 11 is 7.25. The van der Waals surface area contributed by atoms with Gasteiger partial charge in [0.05, 0.1) is 5.75 Å². The number of ether oxygens (including phenoxy) is 1. The summed E-state index contributed by atoms with van der Waals surface area (Å²) in [6.45, 7) is 4.80. The molecule has 0 saturated carbocycles. The second kappa shape index (κ2) is 9.76. The Labute approximate surface area is 177 Å². The number of hydrogen-bond acceptors (Lipinski definition) is 5. The number of nitrogens with zero attached hydrogens (tertiary/aromatic N) is 3. The summed E-state index contributed by atoms with van der Waals surface area (Å²) in [4.78, 5) is 12.1. The highest BCUT2D eigenvalue weighted by Gasteiger charge is 2.14. The highest BCUT2D eigenvalue weighted by atomic mass is 35.5. The summed E-state index contributed by atoms with van der Waals surface area (Å²) in [6, 6.07) is 11.1. The molecule has 0 aliphatic carbocycles. The van der Waals surface area contributed by atoms with Crippen LogP contribution in [0.1, 0.15) is 18.3 Å². The normalized spacial score (nSPS) is 10.8. The van der Waals surface area contributed by atoms with E-state index < -0.39 is 0 Å². The van der Waals surface area contributed by atoms with Crippen LogP contribution in [0, 0.1) is 12.7 Å². The van der Waals surface area contributed by atoms with E-state index in [9.17, 15) is 9.18 Å². The van der Waals surface area contributed by atoms with Crippen LogP contribution in [0.2, 0.25) is 5.02 Å². The molecule has 0 bridgehead atoms. The lowest BCUT2D eigenvalue weighted by atomic mass is 10.2. The average molecular weight is 435 g/mol. The van der Waals surface area contributed by atoms with Gasteiger partial charge >= 0.3 is 0 Å². The Kier molecular flexibility index (Phi) is 7.11. The first-order valence-corrected chi connectivity index (χ1v) is 10.3. The molecule has 3 aromatic rings. The summed E-state index contributed by atoms with van der Waals surface area (Å²) < 4.78 is 20.7. The Morgan fingerprint density at radius 3 is 2.69 bits per heavy atom. The smallest absolute Gasteiger partial charge is 0.234 e. The van der Waals surface area contributed by atoms with Crippen molar-refractivity contribution in [2.24, 2.45) is 0 Å². The van der Waals surface area contributed by atoms with Gasteiger partial charge in [-0.25, -0.2) is 4.39 Å². The van der Waals surface area contributed by atoms with Gasteiger partial charge in [0.15, 0.2) is 11.0 Å². The number of hydrogen-bond donors (Lipinski definition) is 1. The molecule has 0 fully saturated rings. The molecule has 1 heterocycles. The van der Waals surface area contributed by atoms with Crippen molar-refractivity contribution in [3.8, 4) is 5.75 Å². The van der Waals surface area contributed by atoms with Crippen LogP contribution in [0.25, 0.3) is 0 Å². The highest BCUT2D eigenvalue weighted by Crippen LogP contribution is 2.23. The van der Waals surface area contributed by atoms with Crippen LogP contribution in [0.3, 0.4) is 0 Å². The van der Waals surface area contributed by atoms with E-state index in [1.807, 2.05) is 30.5 Å². The second-order valence-corrected chi connectivity index (χ2v) is 7.56. The number of thioether (sulfide) groups is 1. The lowest BCUT2D eigenvalue weighted by Crippen LogP contribution is -2.15. The average Bonchev–Trinajstić information content (AvgIpc) is 3.09. The van der Waals surface area contributed by atoms with Gasteiger partial charge in [0.25, 0.3) is 0 Å².